The second-order valence-corrected chi connectivity index (χ2v) is 3.21. The van der Waals surface area contributed by atoms with Gasteiger partial charge in [-0.15, -0.1) is 0 Å². The van der Waals surface area contributed by atoms with Gasteiger partial charge in [-0.3, -0.25) is 0 Å². The van der Waals surface area contributed by atoms with E-state index in [-0.39, 0.29) is 5.75 Å². The summed E-state index contributed by atoms with van der Waals surface area (Å²) in [6.07, 6.45) is 0. The van der Waals surface area contributed by atoms with Crippen molar-refractivity contribution in [3.05, 3.63) is 21.9 Å². The average Bonchev–Trinajstić information content (AvgIpc) is 2.01. The van der Waals surface area contributed by atoms with Crippen LogP contribution in [-0.2, 0) is 0 Å². The molecule has 12 heavy (non-hydrogen) atoms. The number of halogens is 2. The fraction of sp³-hybridized carbons (Fsp3) is 0.250. The van der Waals surface area contributed by atoms with Crippen LogP contribution < -0.4 is 10.5 Å². The normalized spacial score (nSPS) is 10.0. The van der Waals surface area contributed by atoms with Gasteiger partial charge in [0.2, 0.25) is 0 Å². The van der Waals surface area contributed by atoms with Crippen molar-refractivity contribution in [2.45, 2.75) is 6.92 Å². The lowest BCUT2D eigenvalue weighted by atomic mass is 10.2. The Hall–Kier alpha value is -0.770. The minimum absolute atomic E-state index is 0.196. The molecular weight excluding hydrogens is 225 g/mol. The van der Waals surface area contributed by atoms with Crippen LogP contribution >= 0.6 is 15.9 Å². The predicted molar refractivity (Wildman–Crippen MR) is 49.8 cm³/mol. The Morgan fingerprint density at radius 3 is 2.67 bits per heavy atom. The van der Waals surface area contributed by atoms with Crippen molar-refractivity contribution in [2.75, 3.05) is 12.8 Å². The van der Waals surface area contributed by atoms with E-state index in [1.807, 2.05) is 0 Å². The van der Waals surface area contributed by atoms with Gasteiger partial charge in [0.1, 0.15) is 0 Å². The molecule has 66 valence electrons. The third-order valence-electron chi connectivity index (χ3n) is 1.66. The molecule has 0 saturated carbocycles. The second kappa shape index (κ2) is 3.31. The molecule has 0 spiro atoms. The number of nitrogens with two attached hydrogens (primary N) is 1. The molecule has 0 bridgehead atoms. The summed E-state index contributed by atoms with van der Waals surface area (Å²) < 4.78 is 18.5. The Labute approximate surface area is 78.6 Å². The van der Waals surface area contributed by atoms with Gasteiger partial charge in [-0.1, -0.05) is 0 Å². The van der Waals surface area contributed by atoms with Crippen LogP contribution in [0.5, 0.6) is 5.75 Å². The first-order valence-corrected chi connectivity index (χ1v) is 4.15. The summed E-state index contributed by atoms with van der Waals surface area (Å²) in [5.41, 5.74) is 6.72. The van der Waals surface area contributed by atoms with Crippen molar-refractivity contribution >= 4 is 21.6 Å². The number of benzene rings is 1. The van der Waals surface area contributed by atoms with Gasteiger partial charge in [-0.2, -0.15) is 0 Å². The van der Waals surface area contributed by atoms with Crippen LogP contribution in [0.25, 0.3) is 0 Å². The molecule has 0 aliphatic carbocycles. The highest BCUT2D eigenvalue weighted by Gasteiger charge is 2.12. The van der Waals surface area contributed by atoms with Gasteiger partial charge in [-0.05, 0) is 28.4 Å². The van der Waals surface area contributed by atoms with Gasteiger partial charge < -0.3 is 10.5 Å². The van der Waals surface area contributed by atoms with E-state index in [4.69, 9.17) is 10.5 Å². The molecule has 0 aliphatic rings. The number of hydrogen-bond acceptors (Lipinski definition) is 2. The summed E-state index contributed by atoms with van der Waals surface area (Å²) in [4.78, 5) is 0. The Morgan fingerprint density at radius 2 is 2.17 bits per heavy atom. The molecule has 0 aromatic heterocycles. The van der Waals surface area contributed by atoms with Crippen LogP contribution in [0.15, 0.2) is 10.5 Å². The molecule has 1 rings (SSSR count). The summed E-state index contributed by atoms with van der Waals surface area (Å²) in [7, 11) is 1.42. The van der Waals surface area contributed by atoms with Gasteiger partial charge >= 0.3 is 0 Å². The minimum Gasteiger partial charge on any atom is -0.492 e. The second-order valence-electron chi connectivity index (χ2n) is 2.42. The molecule has 4 heteroatoms. The highest BCUT2D eigenvalue weighted by molar-refractivity contribution is 9.10. The first-order valence-electron chi connectivity index (χ1n) is 3.36. The minimum atomic E-state index is -0.451. The fourth-order valence-corrected chi connectivity index (χ4v) is 1.48. The smallest absolute Gasteiger partial charge is 0.169 e. The van der Waals surface area contributed by atoms with Gasteiger partial charge in [0.25, 0.3) is 0 Å². The Bertz CT molecular complexity index is 314. The predicted octanol–water partition coefficient (Wildman–Crippen LogP) is 2.49. The topological polar surface area (TPSA) is 35.2 Å². The van der Waals surface area contributed by atoms with Crippen molar-refractivity contribution in [1.29, 1.82) is 0 Å². The van der Waals surface area contributed by atoms with Crippen LogP contribution in [0.2, 0.25) is 0 Å². The number of anilines is 1. The summed E-state index contributed by atoms with van der Waals surface area (Å²) in [5.74, 6) is -0.255. The van der Waals surface area contributed by atoms with Crippen molar-refractivity contribution in [3.8, 4) is 5.75 Å². The Morgan fingerprint density at radius 1 is 1.58 bits per heavy atom. The largest absolute Gasteiger partial charge is 0.492 e. The first kappa shape index (κ1) is 9.32. The standard InChI is InChI=1S/C8H9BrFNO/c1-4-6(11)3-5(10)8(12-2)7(4)9/h3H,11H2,1-2H3. The van der Waals surface area contributed by atoms with Crippen molar-refractivity contribution < 1.29 is 9.13 Å². The maximum Gasteiger partial charge on any atom is 0.169 e. The molecule has 2 nitrogen and oxygen atoms in total. The van der Waals surface area contributed by atoms with E-state index >= 15 is 0 Å². The lowest BCUT2D eigenvalue weighted by Crippen LogP contribution is -1.96. The zero-order valence-corrected chi connectivity index (χ0v) is 8.40. The third-order valence-corrected chi connectivity index (χ3v) is 2.62. The van der Waals surface area contributed by atoms with E-state index in [2.05, 4.69) is 15.9 Å². The van der Waals surface area contributed by atoms with E-state index < -0.39 is 5.82 Å². The maximum absolute atomic E-state index is 13.1. The number of ether oxygens (including phenoxy) is 1. The van der Waals surface area contributed by atoms with Crippen molar-refractivity contribution in [3.63, 3.8) is 0 Å². The van der Waals surface area contributed by atoms with Gasteiger partial charge in [0, 0.05) is 11.8 Å². The van der Waals surface area contributed by atoms with Gasteiger partial charge in [0.05, 0.1) is 11.6 Å². The van der Waals surface area contributed by atoms with Gasteiger partial charge in [0.15, 0.2) is 11.6 Å². The molecule has 2 N–H and O–H groups in total. The molecule has 1 aromatic rings. The molecule has 0 fully saturated rings. The molecule has 0 aliphatic heterocycles. The molecule has 1 aromatic carbocycles. The maximum atomic E-state index is 13.1. The van der Waals surface area contributed by atoms with E-state index in [1.165, 1.54) is 13.2 Å². The number of nitrogen functional groups attached to an aromatic ring is 1. The van der Waals surface area contributed by atoms with Crippen molar-refractivity contribution in [1.82, 2.24) is 0 Å². The molecule has 0 atom stereocenters. The quantitative estimate of drug-likeness (QED) is 0.757. The van der Waals surface area contributed by atoms with Gasteiger partial charge in [-0.25, -0.2) is 4.39 Å². The van der Waals surface area contributed by atoms with Crippen LogP contribution in [-0.4, -0.2) is 7.11 Å². The zero-order valence-electron chi connectivity index (χ0n) is 6.82. The summed E-state index contributed by atoms with van der Waals surface area (Å²) in [5, 5.41) is 0. The number of rotatable bonds is 1. The number of methoxy groups -OCH3 is 1. The summed E-state index contributed by atoms with van der Waals surface area (Å²) in [6, 6.07) is 1.25. The SMILES string of the molecule is COc1c(F)cc(N)c(C)c1Br. The fourth-order valence-electron chi connectivity index (χ4n) is 0.899. The van der Waals surface area contributed by atoms with Crippen LogP contribution in [0, 0.1) is 12.7 Å². The van der Waals surface area contributed by atoms with E-state index in [1.54, 1.807) is 6.92 Å². The Balaban J connectivity index is 3.40. The monoisotopic (exact) mass is 233 g/mol. The highest BCUT2D eigenvalue weighted by Crippen LogP contribution is 2.34. The molecule has 0 unspecified atom stereocenters. The van der Waals surface area contributed by atoms with Crippen molar-refractivity contribution in [2.24, 2.45) is 0 Å². The molecule has 0 heterocycles. The van der Waals surface area contributed by atoms with E-state index in [0.717, 1.165) is 5.56 Å². The average molecular weight is 234 g/mol. The van der Waals surface area contributed by atoms with Crippen LogP contribution in [0.1, 0.15) is 5.56 Å². The third kappa shape index (κ3) is 1.39. The first-order chi connectivity index (χ1) is 5.57. The molecule has 0 amide bonds. The summed E-state index contributed by atoms with van der Waals surface area (Å²) >= 11 is 3.20. The van der Waals surface area contributed by atoms with E-state index in [0.29, 0.717) is 10.2 Å². The molecule has 0 radical (unpaired) electrons. The zero-order chi connectivity index (χ0) is 9.30. The van der Waals surface area contributed by atoms with E-state index in [9.17, 15) is 4.39 Å². The molecular formula is C8H9BrFNO. The number of hydrogen-bond donors (Lipinski definition) is 1. The highest BCUT2D eigenvalue weighted by atomic mass is 79.9. The van der Waals surface area contributed by atoms with Crippen LogP contribution in [0.3, 0.4) is 0 Å². The lowest BCUT2D eigenvalue weighted by molar-refractivity contribution is 0.383. The lowest BCUT2D eigenvalue weighted by Gasteiger charge is -2.09. The summed E-state index contributed by atoms with van der Waals surface area (Å²) in [6.45, 7) is 1.79. The van der Waals surface area contributed by atoms with Crippen LogP contribution in [0.4, 0.5) is 10.1 Å². The Kier molecular flexibility index (Phi) is 2.57. The molecule has 0 saturated heterocycles.